The Morgan fingerprint density at radius 3 is 2.55 bits per heavy atom. The van der Waals surface area contributed by atoms with Crippen LogP contribution in [0.3, 0.4) is 0 Å². The maximum Gasteiger partial charge on any atom is 0.326 e. The van der Waals surface area contributed by atoms with Crippen molar-refractivity contribution in [2.24, 2.45) is 0 Å². The molecule has 1 atom stereocenters. The molecule has 2 N–H and O–H groups in total. The molecule has 0 saturated heterocycles. The highest BCUT2D eigenvalue weighted by Gasteiger charge is 2.23. The lowest BCUT2D eigenvalue weighted by Gasteiger charge is -2.14. The molecule has 1 aromatic rings. The van der Waals surface area contributed by atoms with Crippen LogP contribution in [0.5, 0.6) is 0 Å². The number of aliphatic carboxylic acids is 1. The van der Waals surface area contributed by atoms with Crippen molar-refractivity contribution < 1.29 is 28.6 Å². The van der Waals surface area contributed by atoms with Crippen LogP contribution in [0.1, 0.15) is 23.2 Å². The number of nitrogens with one attached hydrogen (secondary N) is 1. The molecule has 0 saturated carbocycles. The third-order valence-electron chi connectivity index (χ3n) is 2.59. The smallest absolute Gasteiger partial charge is 0.326 e. The number of rotatable bonds is 6. The molecule has 6 nitrogen and oxygen atoms in total. The van der Waals surface area contributed by atoms with Gasteiger partial charge >= 0.3 is 11.9 Å². The molecule has 1 unspecified atom stereocenters. The molecule has 0 fully saturated rings. The number of carbonyl (C=O) groups excluding carboxylic acids is 2. The van der Waals surface area contributed by atoms with Crippen molar-refractivity contribution in [3.05, 3.63) is 35.6 Å². The Balaban J connectivity index is 2.71. The first-order valence-electron chi connectivity index (χ1n) is 5.80. The monoisotopic (exact) mass is 283 g/mol. The van der Waals surface area contributed by atoms with Crippen LogP contribution in [0.25, 0.3) is 0 Å². The van der Waals surface area contributed by atoms with Gasteiger partial charge in [0.2, 0.25) is 0 Å². The molecule has 1 aromatic carbocycles. The van der Waals surface area contributed by atoms with Gasteiger partial charge in [-0.2, -0.15) is 0 Å². The normalized spacial score (nSPS) is 11.5. The van der Waals surface area contributed by atoms with Gasteiger partial charge in [-0.25, -0.2) is 9.18 Å². The molecule has 0 spiro atoms. The Bertz CT molecular complexity index is 517. The zero-order valence-electron chi connectivity index (χ0n) is 10.8. The van der Waals surface area contributed by atoms with Crippen molar-refractivity contribution in [2.45, 2.75) is 18.9 Å². The fraction of sp³-hybridized carbons (Fsp3) is 0.308. The van der Waals surface area contributed by atoms with E-state index in [1.807, 2.05) is 0 Å². The van der Waals surface area contributed by atoms with Crippen molar-refractivity contribution >= 4 is 17.8 Å². The molecule has 0 heterocycles. The van der Waals surface area contributed by atoms with E-state index in [0.29, 0.717) is 0 Å². The van der Waals surface area contributed by atoms with Gasteiger partial charge in [0.25, 0.3) is 5.91 Å². The summed E-state index contributed by atoms with van der Waals surface area (Å²) in [6.45, 7) is 0. The minimum absolute atomic E-state index is 0.137. The molecular formula is C13H14FNO5. The molecule has 0 aliphatic heterocycles. The molecule has 20 heavy (non-hydrogen) atoms. The van der Waals surface area contributed by atoms with Gasteiger partial charge in [-0.1, -0.05) is 12.1 Å². The Morgan fingerprint density at radius 2 is 2.00 bits per heavy atom. The number of esters is 1. The van der Waals surface area contributed by atoms with Crippen LogP contribution in [-0.2, 0) is 14.3 Å². The number of carbonyl (C=O) groups is 3. The summed E-state index contributed by atoms with van der Waals surface area (Å²) in [6, 6.07) is 3.92. The van der Waals surface area contributed by atoms with E-state index in [2.05, 4.69) is 10.1 Å². The second-order valence-corrected chi connectivity index (χ2v) is 3.96. The van der Waals surface area contributed by atoms with Gasteiger partial charge < -0.3 is 15.2 Å². The van der Waals surface area contributed by atoms with Gasteiger partial charge in [-0.15, -0.1) is 0 Å². The molecular weight excluding hydrogens is 269 g/mol. The van der Waals surface area contributed by atoms with Crippen molar-refractivity contribution in [1.29, 1.82) is 0 Å². The molecule has 0 bridgehead atoms. The van der Waals surface area contributed by atoms with Crippen LogP contribution in [0, 0.1) is 5.82 Å². The lowest BCUT2D eigenvalue weighted by Crippen LogP contribution is -2.41. The van der Waals surface area contributed by atoms with Crippen LogP contribution in [0.2, 0.25) is 0 Å². The first-order chi connectivity index (χ1) is 9.45. The van der Waals surface area contributed by atoms with Crippen LogP contribution in [0.15, 0.2) is 24.3 Å². The van der Waals surface area contributed by atoms with Crippen LogP contribution in [0.4, 0.5) is 4.39 Å². The topological polar surface area (TPSA) is 92.7 Å². The number of carboxylic acid groups (broad SMARTS) is 1. The van der Waals surface area contributed by atoms with Crippen LogP contribution in [-0.4, -0.2) is 36.1 Å². The van der Waals surface area contributed by atoms with Gasteiger partial charge in [-0.3, -0.25) is 9.59 Å². The summed E-state index contributed by atoms with van der Waals surface area (Å²) in [7, 11) is 1.18. The number of ether oxygens (including phenoxy) is 1. The summed E-state index contributed by atoms with van der Waals surface area (Å²) in [6.07, 6.45) is -0.298. The fourth-order valence-corrected chi connectivity index (χ4v) is 1.50. The molecule has 0 aliphatic carbocycles. The predicted octanol–water partition coefficient (Wildman–Crippen LogP) is 0.962. The second-order valence-electron chi connectivity index (χ2n) is 3.96. The third-order valence-corrected chi connectivity index (χ3v) is 2.59. The van der Waals surface area contributed by atoms with E-state index < -0.39 is 29.7 Å². The standard InChI is InChI=1S/C13H14FNO5/c1-20-11(16)7-6-10(13(18)19)15-12(17)8-4-2-3-5-9(8)14/h2-5,10H,6-7H2,1H3,(H,15,17)(H,18,19). The van der Waals surface area contributed by atoms with Crippen LogP contribution >= 0.6 is 0 Å². The average molecular weight is 283 g/mol. The summed E-state index contributed by atoms with van der Waals surface area (Å²) < 4.78 is 17.8. The molecule has 7 heteroatoms. The molecule has 1 rings (SSSR count). The minimum Gasteiger partial charge on any atom is -0.480 e. The largest absolute Gasteiger partial charge is 0.480 e. The first-order valence-corrected chi connectivity index (χ1v) is 5.80. The molecule has 0 radical (unpaired) electrons. The number of halogens is 1. The first kappa shape index (κ1) is 15.6. The Kier molecular flexibility index (Phi) is 5.64. The lowest BCUT2D eigenvalue weighted by molar-refractivity contribution is -0.142. The van der Waals surface area contributed by atoms with E-state index in [1.54, 1.807) is 0 Å². The Morgan fingerprint density at radius 1 is 1.35 bits per heavy atom. The lowest BCUT2D eigenvalue weighted by atomic mass is 10.1. The van der Waals surface area contributed by atoms with E-state index in [0.717, 1.165) is 6.07 Å². The zero-order valence-corrected chi connectivity index (χ0v) is 10.8. The third kappa shape index (κ3) is 4.34. The maximum atomic E-state index is 13.4. The number of carboxylic acids is 1. The molecule has 0 aromatic heterocycles. The molecule has 1 amide bonds. The summed E-state index contributed by atoms with van der Waals surface area (Å²) in [4.78, 5) is 33.7. The van der Waals surface area contributed by atoms with Crippen LogP contribution < -0.4 is 5.32 Å². The van der Waals surface area contributed by atoms with E-state index in [1.165, 1.54) is 25.3 Å². The van der Waals surface area contributed by atoms with E-state index in [4.69, 9.17) is 5.11 Å². The van der Waals surface area contributed by atoms with Crippen molar-refractivity contribution in [3.63, 3.8) is 0 Å². The van der Waals surface area contributed by atoms with E-state index in [9.17, 15) is 18.8 Å². The quantitative estimate of drug-likeness (QED) is 0.759. The average Bonchev–Trinajstić information content (AvgIpc) is 2.42. The SMILES string of the molecule is COC(=O)CCC(NC(=O)c1ccccc1F)C(=O)O. The highest BCUT2D eigenvalue weighted by atomic mass is 19.1. The Hall–Kier alpha value is -2.44. The number of amides is 1. The van der Waals surface area contributed by atoms with Crippen molar-refractivity contribution in [2.75, 3.05) is 7.11 Å². The number of hydrogen-bond donors (Lipinski definition) is 2. The molecule has 108 valence electrons. The summed E-state index contributed by atoms with van der Waals surface area (Å²) in [5.41, 5.74) is -0.253. The summed E-state index contributed by atoms with van der Waals surface area (Å²) in [5.74, 6) is -3.49. The highest BCUT2D eigenvalue weighted by Crippen LogP contribution is 2.08. The van der Waals surface area contributed by atoms with Gasteiger partial charge in [0.15, 0.2) is 0 Å². The van der Waals surface area contributed by atoms with Gasteiger partial charge in [0.05, 0.1) is 12.7 Å². The van der Waals surface area contributed by atoms with Gasteiger partial charge in [0.1, 0.15) is 11.9 Å². The summed E-state index contributed by atoms with van der Waals surface area (Å²) >= 11 is 0. The predicted molar refractivity (Wildman–Crippen MR) is 66.5 cm³/mol. The molecule has 0 aliphatic rings. The van der Waals surface area contributed by atoms with Gasteiger partial charge in [0, 0.05) is 6.42 Å². The van der Waals surface area contributed by atoms with Crippen molar-refractivity contribution in [1.82, 2.24) is 5.32 Å². The maximum absolute atomic E-state index is 13.4. The minimum atomic E-state index is -1.31. The highest BCUT2D eigenvalue weighted by molar-refractivity contribution is 5.96. The zero-order chi connectivity index (χ0) is 15.1. The van der Waals surface area contributed by atoms with E-state index >= 15 is 0 Å². The number of benzene rings is 1. The fourth-order valence-electron chi connectivity index (χ4n) is 1.50. The number of methoxy groups -OCH3 is 1. The van der Waals surface area contributed by atoms with Crippen molar-refractivity contribution in [3.8, 4) is 0 Å². The van der Waals surface area contributed by atoms with Gasteiger partial charge in [-0.05, 0) is 18.6 Å². The van der Waals surface area contributed by atoms with E-state index in [-0.39, 0.29) is 18.4 Å². The Labute approximate surface area is 114 Å². The number of hydrogen-bond acceptors (Lipinski definition) is 4. The summed E-state index contributed by atoms with van der Waals surface area (Å²) in [5, 5.41) is 11.1. The second kappa shape index (κ2) is 7.22.